The summed E-state index contributed by atoms with van der Waals surface area (Å²) in [5, 5.41) is 3.01. The molecule has 0 spiro atoms. The Hall–Kier alpha value is -0.870. The molecule has 0 aliphatic heterocycles. The molecule has 0 saturated heterocycles. The lowest BCUT2D eigenvalue weighted by atomic mass is 9.69. The summed E-state index contributed by atoms with van der Waals surface area (Å²) in [5.74, 6) is 0.0709. The largest absolute Gasteiger partial charge is 0.355 e. The van der Waals surface area contributed by atoms with Crippen molar-refractivity contribution >= 4 is 21.8 Å². The fourth-order valence-electron chi connectivity index (χ4n) is 2.29. The van der Waals surface area contributed by atoms with Crippen LogP contribution in [-0.4, -0.2) is 19.0 Å². The van der Waals surface area contributed by atoms with E-state index in [2.05, 4.69) is 21.2 Å². The van der Waals surface area contributed by atoms with E-state index in [1.807, 2.05) is 24.3 Å². The van der Waals surface area contributed by atoms with Gasteiger partial charge in [0.2, 0.25) is 5.91 Å². The van der Waals surface area contributed by atoms with E-state index in [0.717, 1.165) is 22.9 Å². The van der Waals surface area contributed by atoms with E-state index in [0.29, 0.717) is 19.5 Å². The van der Waals surface area contributed by atoms with Crippen molar-refractivity contribution in [3.63, 3.8) is 0 Å². The molecule has 0 unspecified atom stereocenters. The number of benzene rings is 1. The first-order valence-electron chi connectivity index (χ1n) is 6.35. The van der Waals surface area contributed by atoms with Crippen molar-refractivity contribution in [3.8, 4) is 0 Å². The van der Waals surface area contributed by atoms with Crippen LogP contribution in [0.25, 0.3) is 0 Å². The summed E-state index contributed by atoms with van der Waals surface area (Å²) in [4.78, 5) is 11.9. The molecule has 1 saturated carbocycles. The zero-order chi connectivity index (χ0) is 13.0. The summed E-state index contributed by atoms with van der Waals surface area (Å²) in [6.45, 7) is 1.38. The average molecular weight is 311 g/mol. The van der Waals surface area contributed by atoms with Gasteiger partial charge in [0.15, 0.2) is 0 Å². The molecule has 3 N–H and O–H groups in total. The molecular formula is C14H19BrN2O. The minimum Gasteiger partial charge on any atom is -0.355 e. The van der Waals surface area contributed by atoms with Gasteiger partial charge in [-0.2, -0.15) is 0 Å². The van der Waals surface area contributed by atoms with Gasteiger partial charge >= 0.3 is 0 Å². The van der Waals surface area contributed by atoms with Crippen molar-refractivity contribution in [2.45, 2.75) is 25.7 Å². The summed E-state index contributed by atoms with van der Waals surface area (Å²) in [6.07, 6.45) is 3.93. The van der Waals surface area contributed by atoms with Crippen LogP contribution in [0.4, 0.5) is 0 Å². The monoisotopic (exact) mass is 310 g/mol. The van der Waals surface area contributed by atoms with Crippen molar-refractivity contribution < 1.29 is 4.79 Å². The SMILES string of the molecule is NCC1(CNC(=O)Cc2ccccc2Br)CCC1. The molecular weight excluding hydrogens is 292 g/mol. The Balaban J connectivity index is 1.84. The molecule has 0 aromatic heterocycles. The average Bonchev–Trinajstić information content (AvgIpc) is 2.31. The Labute approximate surface area is 116 Å². The smallest absolute Gasteiger partial charge is 0.224 e. The zero-order valence-corrected chi connectivity index (χ0v) is 12.0. The molecule has 1 aromatic rings. The minimum atomic E-state index is 0.0709. The third-order valence-corrected chi connectivity index (χ3v) is 4.59. The second kappa shape index (κ2) is 5.85. The van der Waals surface area contributed by atoms with Crippen LogP contribution in [0.5, 0.6) is 0 Å². The first kappa shape index (κ1) is 13.6. The number of carbonyl (C=O) groups excluding carboxylic acids is 1. The predicted molar refractivity (Wildman–Crippen MR) is 76.2 cm³/mol. The summed E-state index contributed by atoms with van der Waals surface area (Å²) in [5.41, 5.74) is 6.96. The van der Waals surface area contributed by atoms with E-state index in [4.69, 9.17) is 5.73 Å². The van der Waals surface area contributed by atoms with E-state index in [-0.39, 0.29) is 11.3 Å². The fourth-order valence-corrected chi connectivity index (χ4v) is 2.72. The number of amides is 1. The van der Waals surface area contributed by atoms with Gasteiger partial charge in [-0.25, -0.2) is 0 Å². The van der Waals surface area contributed by atoms with E-state index < -0.39 is 0 Å². The Morgan fingerprint density at radius 2 is 2.11 bits per heavy atom. The molecule has 0 atom stereocenters. The molecule has 1 fully saturated rings. The Bertz CT molecular complexity index is 424. The Morgan fingerprint density at radius 3 is 2.67 bits per heavy atom. The van der Waals surface area contributed by atoms with Gasteiger partial charge in [-0.1, -0.05) is 40.5 Å². The maximum Gasteiger partial charge on any atom is 0.224 e. The number of nitrogens with two attached hydrogens (primary N) is 1. The highest BCUT2D eigenvalue weighted by Crippen LogP contribution is 2.39. The molecule has 98 valence electrons. The van der Waals surface area contributed by atoms with E-state index in [9.17, 15) is 4.79 Å². The fraction of sp³-hybridized carbons (Fsp3) is 0.500. The van der Waals surface area contributed by atoms with Crippen molar-refractivity contribution in [3.05, 3.63) is 34.3 Å². The third kappa shape index (κ3) is 3.12. The Morgan fingerprint density at radius 1 is 1.39 bits per heavy atom. The quantitative estimate of drug-likeness (QED) is 0.876. The highest BCUT2D eigenvalue weighted by molar-refractivity contribution is 9.10. The molecule has 3 nitrogen and oxygen atoms in total. The van der Waals surface area contributed by atoms with Crippen LogP contribution in [0, 0.1) is 5.41 Å². The number of nitrogens with one attached hydrogen (secondary N) is 1. The summed E-state index contributed by atoms with van der Waals surface area (Å²) < 4.78 is 0.984. The van der Waals surface area contributed by atoms with Gasteiger partial charge in [-0.05, 0) is 36.4 Å². The van der Waals surface area contributed by atoms with Gasteiger partial charge in [0, 0.05) is 11.0 Å². The molecule has 2 rings (SSSR count). The number of hydrogen-bond donors (Lipinski definition) is 2. The Kier molecular flexibility index (Phi) is 4.40. The third-order valence-electron chi connectivity index (χ3n) is 3.82. The topological polar surface area (TPSA) is 55.1 Å². The van der Waals surface area contributed by atoms with Crippen molar-refractivity contribution in [1.82, 2.24) is 5.32 Å². The van der Waals surface area contributed by atoms with Crippen LogP contribution in [-0.2, 0) is 11.2 Å². The van der Waals surface area contributed by atoms with E-state index >= 15 is 0 Å². The molecule has 18 heavy (non-hydrogen) atoms. The number of rotatable bonds is 5. The van der Waals surface area contributed by atoms with Crippen molar-refractivity contribution in [1.29, 1.82) is 0 Å². The van der Waals surface area contributed by atoms with Crippen molar-refractivity contribution in [2.24, 2.45) is 11.1 Å². The standard InChI is InChI=1S/C14H19BrN2O/c15-12-5-2-1-4-11(12)8-13(18)17-10-14(9-16)6-3-7-14/h1-2,4-5H,3,6-10,16H2,(H,17,18). The molecule has 1 aliphatic rings. The minimum absolute atomic E-state index is 0.0709. The maximum absolute atomic E-state index is 11.9. The van der Waals surface area contributed by atoms with Gasteiger partial charge in [0.1, 0.15) is 0 Å². The lowest BCUT2D eigenvalue weighted by molar-refractivity contribution is -0.121. The lowest BCUT2D eigenvalue weighted by Crippen LogP contribution is -2.47. The second-order valence-corrected chi connectivity index (χ2v) is 5.96. The van der Waals surface area contributed by atoms with Crippen LogP contribution in [0.15, 0.2) is 28.7 Å². The highest BCUT2D eigenvalue weighted by atomic mass is 79.9. The van der Waals surface area contributed by atoms with Gasteiger partial charge in [0.05, 0.1) is 6.42 Å². The van der Waals surface area contributed by atoms with E-state index in [1.165, 1.54) is 6.42 Å². The number of carbonyl (C=O) groups is 1. The molecule has 4 heteroatoms. The number of halogens is 1. The number of hydrogen-bond acceptors (Lipinski definition) is 2. The lowest BCUT2D eigenvalue weighted by Gasteiger charge is -2.41. The van der Waals surface area contributed by atoms with Gasteiger partial charge in [-0.15, -0.1) is 0 Å². The molecule has 0 bridgehead atoms. The molecule has 0 radical (unpaired) electrons. The van der Waals surface area contributed by atoms with Crippen LogP contribution in [0.2, 0.25) is 0 Å². The van der Waals surface area contributed by atoms with Crippen molar-refractivity contribution in [2.75, 3.05) is 13.1 Å². The molecule has 0 heterocycles. The van der Waals surface area contributed by atoms with Crippen LogP contribution < -0.4 is 11.1 Å². The molecule has 1 amide bonds. The maximum atomic E-state index is 11.9. The first-order valence-corrected chi connectivity index (χ1v) is 7.15. The summed E-state index contributed by atoms with van der Waals surface area (Å²) in [7, 11) is 0. The first-order chi connectivity index (χ1) is 8.65. The summed E-state index contributed by atoms with van der Waals surface area (Å²) in [6, 6.07) is 7.81. The van der Waals surface area contributed by atoms with Gasteiger partial charge in [-0.3, -0.25) is 4.79 Å². The second-order valence-electron chi connectivity index (χ2n) is 5.10. The van der Waals surface area contributed by atoms with Gasteiger partial charge < -0.3 is 11.1 Å². The molecule has 1 aliphatic carbocycles. The van der Waals surface area contributed by atoms with Gasteiger partial charge in [0.25, 0.3) is 0 Å². The zero-order valence-electron chi connectivity index (χ0n) is 10.4. The van der Waals surface area contributed by atoms with Crippen LogP contribution in [0.1, 0.15) is 24.8 Å². The molecule has 1 aromatic carbocycles. The van der Waals surface area contributed by atoms with E-state index in [1.54, 1.807) is 0 Å². The highest BCUT2D eigenvalue weighted by Gasteiger charge is 2.35. The predicted octanol–water partition coefficient (Wildman–Crippen LogP) is 2.24. The summed E-state index contributed by atoms with van der Waals surface area (Å²) >= 11 is 3.45. The normalized spacial score (nSPS) is 17.0. The van der Waals surface area contributed by atoms with Crippen LogP contribution in [0.3, 0.4) is 0 Å². The van der Waals surface area contributed by atoms with Crippen LogP contribution >= 0.6 is 15.9 Å².